The van der Waals surface area contributed by atoms with Gasteiger partial charge in [-0.1, -0.05) is 12.1 Å². The van der Waals surface area contributed by atoms with Crippen LogP contribution in [0.15, 0.2) is 43.0 Å². The molecule has 0 saturated carbocycles. The van der Waals surface area contributed by atoms with Gasteiger partial charge in [0.15, 0.2) is 17.6 Å². The summed E-state index contributed by atoms with van der Waals surface area (Å²) in [5, 5.41) is 2.97. The average molecular weight is 330 g/mol. The van der Waals surface area contributed by atoms with E-state index in [-0.39, 0.29) is 18.2 Å². The highest BCUT2D eigenvalue weighted by atomic mass is 16.6. The standard InChI is InChI=1S/C17H22N4O3/c1-13(9-21-8-7-18-12-21)19-17(22)20(2)10-14-11-23-15-5-3-4-6-16(15)24-14/h3-8,12-14H,9-11H2,1-2H3,(H,19,22)/t13-,14+/m0/s1. The number of amides is 2. The summed E-state index contributed by atoms with van der Waals surface area (Å²) < 4.78 is 13.5. The maximum atomic E-state index is 12.3. The van der Waals surface area contributed by atoms with Gasteiger partial charge in [0, 0.05) is 32.0 Å². The molecule has 0 spiro atoms. The van der Waals surface area contributed by atoms with Gasteiger partial charge >= 0.3 is 6.03 Å². The molecule has 0 aliphatic carbocycles. The SMILES string of the molecule is C[C@@H](Cn1ccnc1)NC(=O)N(C)C[C@@H]1COc2ccccc2O1. The molecule has 128 valence electrons. The van der Waals surface area contributed by atoms with E-state index in [4.69, 9.17) is 9.47 Å². The zero-order valence-corrected chi connectivity index (χ0v) is 13.9. The number of urea groups is 1. The largest absolute Gasteiger partial charge is 0.486 e. The molecule has 0 bridgehead atoms. The fraction of sp³-hybridized carbons (Fsp3) is 0.412. The first-order valence-corrected chi connectivity index (χ1v) is 7.97. The van der Waals surface area contributed by atoms with Gasteiger partial charge in [0.1, 0.15) is 6.61 Å². The van der Waals surface area contributed by atoms with Crippen molar-refractivity contribution in [1.29, 1.82) is 0 Å². The summed E-state index contributed by atoms with van der Waals surface area (Å²) in [4.78, 5) is 17.9. The fourth-order valence-electron chi connectivity index (χ4n) is 2.62. The van der Waals surface area contributed by atoms with Crippen LogP contribution in [0.3, 0.4) is 0 Å². The number of fused-ring (bicyclic) bond motifs is 1. The Kier molecular flexibility index (Phi) is 4.88. The Labute approximate surface area is 141 Å². The smallest absolute Gasteiger partial charge is 0.317 e. The first kappa shape index (κ1) is 16.2. The van der Waals surface area contributed by atoms with Crippen LogP contribution in [-0.2, 0) is 6.54 Å². The van der Waals surface area contributed by atoms with Crippen molar-refractivity contribution in [3.8, 4) is 11.5 Å². The molecule has 7 nitrogen and oxygen atoms in total. The summed E-state index contributed by atoms with van der Waals surface area (Å²) in [6.07, 6.45) is 5.15. The van der Waals surface area contributed by atoms with Crippen molar-refractivity contribution >= 4 is 6.03 Å². The minimum absolute atomic E-state index is 0.00148. The first-order valence-electron chi connectivity index (χ1n) is 7.97. The molecule has 1 aliphatic heterocycles. The van der Waals surface area contributed by atoms with Gasteiger partial charge < -0.3 is 24.3 Å². The van der Waals surface area contributed by atoms with E-state index in [2.05, 4.69) is 10.3 Å². The molecule has 3 rings (SSSR count). The lowest BCUT2D eigenvalue weighted by Crippen LogP contribution is -2.48. The molecular formula is C17H22N4O3. The van der Waals surface area contributed by atoms with Crippen LogP contribution in [0.2, 0.25) is 0 Å². The lowest BCUT2D eigenvalue weighted by molar-refractivity contribution is 0.0712. The van der Waals surface area contributed by atoms with E-state index in [9.17, 15) is 4.79 Å². The zero-order valence-electron chi connectivity index (χ0n) is 13.9. The Morgan fingerprint density at radius 1 is 1.46 bits per heavy atom. The quantitative estimate of drug-likeness (QED) is 0.907. The van der Waals surface area contributed by atoms with Crippen LogP contribution in [0.4, 0.5) is 4.79 Å². The molecule has 0 fully saturated rings. The van der Waals surface area contributed by atoms with E-state index in [0.717, 1.165) is 11.5 Å². The Balaban J connectivity index is 1.48. The van der Waals surface area contributed by atoms with Gasteiger partial charge in [0.05, 0.1) is 12.9 Å². The summed E-state index contributed by atoms with van der Waals surface area (Å²) in [7, 11) is 1.75. The van der Waals surface area contributed by atoms with Crippen molar-refractivity contribution in [2.24, 2.45) is 0 Å². The Hall–Kier alpha value is -2.70. The van der Waals surface area contributed by atoms with Crippen molar-refractivity contribution < 1.29 is 14.3 Å². The van der Waals surface area contributed by atoms with Gasteiger partial charge in [0.2, 0.25) is 0 Å². The van der Waals surface area contributed by atoms with Gasteiger partial charge in [-0.25, -0.2) is 9.78 Å². The Morgan fingerprint density at radius 3 is 3.00 bits per heavy atom. The molecule has 1 aromatic carbocycles. The Morgan fingerprint density at radius 2 is 2.25 bits per heavy atom. The number of likely N-dealkylation sites (N-methyl/N-ethyl adjacent to an activating group) is 1. The molecule has 1 aliphatic rings. The van der Waals surface area contributed by atoms with E-state index in [0.29, 0.717) is 19.7 Å². The number of aromatic nitrogens is 2. The number of carbonyl (C=O) groups is 1. The van der Waals surface area contributed by atoms with E-state index < -0.39 is 0 Å². The second-order valence-electron chi connectivity index (χ2n) is 5.99. The van der Waals surface area contributed by atoms with Crippen molar-refractivity contribution in [2.75, 3.05) is 20.2 Å². The third-order valence-corrected chi connectivity index (χ3v) is 3.81. The monoisotopic (exact) mass is 330 g/mol. The average Bonchev–Trinajstić information content (AvgIpc) is 3.07. The summed E-state index contributed by atoms with van der Waals surface area (Å²) >= 11 is 0. The van der Waals surface area contributed by atoms with Crippen LogP contribution in [0.5, 0.6) is 11.5 Å². The number of carbonyl (C=O) groups excluding carboxylic acids is 1. The van der Waals surface area contributed by atoms with Crippen LogP contribution < -0.4 is 14.8 Å². The number of imidazole rings is 1. The third kappa shape index (κ3) is 3.98. The zero-order chi connectivity index (χ0) is 16.9. The van der Waals surface area contributed by atoms with Crippen LogP contribution in [0.25, 0.3) is 0 Å². The second-order valence-corrected chi connectivity index (χ2v) is 5.99. The highest BCUT2D eigenvalue weighted by Crippen LogP contribution is 2.30. The number of benzene rings is 1. The lowest BCUT2D eigenvalue weighted by Gasteiger charge is -2.30. The molecular weight excluding hydrogens is 308 g/mol. The molecule has 2 heterocycles. The number of rotatable bonds is 5. The summed E-state index contributed by atoms with van der Waals surface area (Å²) in [5.74, 6) is 1.46. The van der Waals surface area contributed by atoms with Crippen molar-refractivity contribution in [3.63, 3.8) is 0 Å². The highest BCUT2D eigenvalue weighted by Gasteiger charge is 2.24. The van der Waals surface area contributed by atoms with Gasteiger partial charge in [0.25, 0.3) is 0 Å². The van der Waals surface area contributed by atoms with Crippen molar-refractivity contribution in [2.45, 2.75) is 25.6 Å². The minimum atomic E-state index is -0.181. The molecule has 7 heteroatoms. The number of para-hydroxylation sites is 2. The molecule has 2 atom stereocenters. The van der Waals surface area contributed by atoms with Gasteiger partial charge in [-0.05, 0) is 19.1 Å². The first-order chi connectivity index (χ1) is 11.6. The summed E-state index contributed by atoms with van der Waals surface area (Å²) in [5.41, 5.74) is 0. The molecule has 0 saturated heterocycles. The van der Waals surface area contributed by atoms with Crippen LogP contribution >= 0.6 is 0 Å². The van der Waals surface area contributed by atoms with Gasteiger partial charge in [-0.2, -0.15) is 0 Å². The molecule has 24 heavy (non-hydrogen) atoms. The maximum absolute atomic E-state index is 12.3. The predicted octanol–water partition coefficient (Wildman–Crippen LogP) is 1.75. The topological polar surface area (TPSA) is 68.6 Å². The van der Waals surface area contributed by atoms with Crippen molar-refractivity contribution in [1.82, 2.24) is 19.8 Å². The van der Waals surface area contributed by atoms with Crippen LogP contribution in [0.1, 0.15) is 6.92 Å². The number of hydrogen-bond donors (Lipinski definition) is 1. The summed E-state index contributed by atoms with van der Waals surface area (Å²) in [6, 6.07) is 7.42. The number of nitrogens with zero attached hydrogens (tertiary/aromatic N) is 3. The fourth-order valence-corrected chi connectivity index (χ4v) is 2.62. The summed E-state index contributed by atoms with van der Waals surface area (Å²) in [6.45, 7) is 3.52. The number of hydrogen-bond acceptors (Lipinski definition) is 4. The molecule has 1 N–H and O–H groups in total. The molecule has 1 aromatic heterocycles. The molecule has 0 unspecified atom stereocenters. The predicted molar refractivity (Wildman–Crippen MR) is 89.2 cm³/mol. The Bertz CT molecular complexity index is 674. The third-order valence-electron chi connectivity index (χ3n) is 3.81. The normalized spacial score (nSPS) is 17.2. The van der Waals surface area contributed by atoms with Crippen LogP contribution in [-0.4, -0.2) is 52.8 Å². The van der Waals surface area contributed by atoms with Gasteiger partial charge in [-0.15, -0.1) is 0 Å². The van der Waals surface area contributed by atoms with Crippen LogP contribution in [0, 0.1) is 0 Å². The van der Waals surface area contributed by atoms with E-state index in [1.807, 2.05) is 42.0 Å². The molecule has 2 amide bonds. The van der Waals surface area contributed by atoms with Crippen molar-refractivity contribution in [3.05, 3.63) is 43.0 Å². The minimum Gasteiger partial charge on any atom is -0.486 e. The lowest BCUT2D eigenvalue weighted by atomic mass is 10.2. The van der Waals surface area contributed by atoms with E-state index in [1.54, 1.807) is 24.5 Å². The molecule has 0 radical (unpaired) electrons. The molecule has 2 aromatic rings. The second kappa shape index (κ2) is 7.25. The van der Waals surface area contributed by atoms with E-state index >= 15 is 0 Å². The highest BCUT2D eigenvalue weighted by molar-refractivity contribution is 5.74. The number of nitrogens with one attached hydrogen (secondary N) is 1. The van der Waals surface area contributed by atoms with Gasteiger partial charge in [-0.3, -0.25) is 0 Å². The maximum Gasteiger partial charge on any atom is 0.317 e. The number of ether oxygens (including phenoxy) is 2. The van der Waals surface area contributed by atoms with E-state index in [1.165, 1.54) is 0 Å².